The molecule has 0 heterocycles. The van der Waals surface area contributed by atoms with Crippen LogP contribution in [0.15, 0.2) is 0 Å². The molecule has 3 heteroatoms. The first kappa shape index (κ1) is 8.43. The van der Waals surface area contributed by atoms with Crippen LogP contribution in [0.5, 0.6) is 0 Å². The third kappa shape index (κ3) is 5.30. The number of carbonyl (C=O) groups is 1. The van der Waals surface area contributed by atoms with Crippen LogP contribution < -0.4 is 5.32 Å². The number of aliphatic hydroxyl groups excluding tert-OH is 1. The highest BCUT2D eigenvalue weighted by Crippen LogP contribution is 1.94. The van der Waals surface area contributed by atoms with Crippen molar-refractivity contribution >= 4 is 6.41 Å². The molecule has 0 aliphatic heterocycles. The number of hydrogen-bond donors (Lipinski definition) is 2. The van der Waals surface area contributed by atoms with Gasteiger partial charge in [-0.1, -0.05) is 0 Å². The average Bonchev–Trinajstić information content (AvgIpc) is 1.63. The molecule has 0 spiro atoms. The van der Waals surface area contributed by atoms with Gasteiger partial charge in [-0.05, 0) is 20.3 Å². The minimum absolute atomic E-state index is 0.0718. The fraction of sp³-hybridized carbons (Fsp3) is 0.833. The van der Waals surface area contributed by atoms with Crippen LogP contribution in [-0.4, -0.2) is 23.7 Å². The lowest BCUT2D eigenvalue weighted by Crippen LogP contribution is -2.27. The normalized spacial score (nSPS) is 16.3. The predicted molar refractivity (Wildman–Crippen MR) is 35.0 cm³/mol. The van der Waals surface area contributed by atoms with Crippen molar-refractivity contribution in [2.24, 2.45) is 0 Å². The van der Waals surface area contributed by atoms with Crippen molar-refractivity contribution in [3.8, 4) is 0 Å². The van der Waals surface area contributed by atoms with Gasteiger partial charge >= 0.3 is 0 Å². The summed E-state index contributed by atoms with van der Waals surface area (Å²) in [5.41, 5.74) is 0. The van der Waals surface area contributed by atoms with Crippen molar-refractivity contribution in [3.05, 3.63) is 0 Å². The van der Waals surface area contributed by atoms with E-state index in [9.17, 15) is 4.79 Å². The quantitative estimate of drug-likeness (QED) is 0.523. The number of carbonyl (C=O) groups excluding carboxylic acids is 1. The standard InChI is InChI=1S/C6H13NO2/c1-5(7-4-8)3-6(2)9/h4-6,9H,3H2,1-2H3,(H,7,8). The second-order valence-electron chi connectivity index (χ2n) is 2.27. The van der Waals surface area contributed by atoms with Gasteiger partial charge in [0.2, 0.25) is 6.41 Å². The molecular weight excluding hydrogens is 118 g/mol. The Morgan fingerprint density at radius 3 is 2.56 bits per heavy atom. The molecule has 0 radical (unpaired) electrons. The van der Waals surface area contributed by atoms with Gasteiger partial charge in [0.1, 0.15) is 0 Å². The van der Waals surface area contributed by atoms with Crippen molar-refractivity contribution < 1.29 is 9.90 Å². The van der Waals surface area contributed by atoms with E-state index in [0.717, 1.165) is 0 Å². The monoisotopic (exact) mass is 131 g/mol. The minimum Gasteiger partial charge on any atom is -0.393 e. The maximum absolute atomic E-state index is 9.80. The minimum atomic E-state index is -0.340. The summed E-state index contributed by atoms with van der Waals surface area (Å²) < 4.78 is 0. The molecule has 0 saturated heterocycles. The number of rotatable bonds is 4. The smallest absolute Gasteiger partial charge is 0.207 e. The molecule has 1 amide bonds. The maximum atomic E-state index is 9.80. The molecule has 0 aromatic carbocycles. The van der Waals surface area contributed by atoms with Gasteiger partial charge in [0.25, 0.3) is 0 Å². The van der Waals surface area contributed by atoms with Crippen LogP contribution in [0.3, 0.4) is 0 Å². The first-order valence-electron chi connectivity index (χ1n) is 3.04. The van der Waals surface area contributed by atoms with Crippen LogP contribution in [-0.2, 0) is 4.79 Å². The van der Waals surface area contributed by atoms with Gasteiger partial charge in [-0.15, -0.1) is 0 Å². The zero-order valence-corrected chi connectivity index (χ0v) is 5.79. The largest absolute Gasteiger partial charge is 0.393 e. The van der Waals surface area contributed by atoms with Crippen LogP contribution in [0, 0.1) is 0 Å². The summed E-state index contributed by atoms with van der Waals surface area (Å²) in [5.74, 6) is 0. The van der Waals surface area contributed by atoms with Gasteiger partial charge < -0.3 is 10.4 Å². The van der Waals surface area contributed by atoms with Crippen molar-refractivity contribution in [2.45, 2.75) is 32.4 Å². The summed E-state index contributed by atoms with van der Waals surface area (Å²) in [6.07, 6.45) is 0.915. The summed E-state index contributed by atoms with van der Waals surface area (Å²) in [5, 5.41) is 11.3. The molecule has 0 aromatic heterocycles. The van der Waals surface area contributed by atoms with E-state index in [2.05, 4.69) is 5.32 Å². The molecule has 3 nitrogen and oxygen atoms in total. The first-order valence-corrected chi connectivity index (χ1v) is 3.04. The van der Waals surface area contributed by atoms with Gasteiger partial charge in [0.15, 0.2) is 0 Å². The average molecular weight is 131 g/mol. The van der Waals surface area contributed by atoms with Gasteiger partial charge in [0, 0.05) is 6.04 Å². The van der Waals surface area contributed by atoms with Crippen LogP contribution >= 0.6 is 0 Å². The van der Waals surface area contributed by atoms with E-state index >= 15 is 0 Å². The van der Waals surface area contributed by atoms with Gasteiger partial charge in [-0.25, -0.2) is 0 Å². The van der Waals surface area contributed by atoms with E-state index in [0.29, 0.717) is 12.8 Å². The fourth-order valence-corrected chi connectivity index (χ4v) is 0.696. The van der Waals surface area contributed by atoms with Crippen molar-refractivity contribution in [2.75, 3.05) is 0 Å². The Bertz CT molecular complexity index is 83.1. The number of aliphatic hydroxyl groups is 1. The Labute approximate surface area is 55.1 Å². The third-order valence-electron chi connectivity index (χ3n) is 1.05. The van der Waals surface area contributed by atoms with E-state index < -0.39 is 0 Å². The zero-order chi connectivity index (χ0) is 7.28. The van der Waals surface area contributed by atoms with E-state index in [1.54, 1.807) is 6.92 Å². The molecule has 0 bridgehead atoms. The lowest BCUT2D eigenvalue weighted by molar-refractivity contribution is -0.110. The fourth-order valence-electron chi connectivity index (χ4n) is 0.696. The van der Waals surface area contributed by atoms with Crippen molar-refractivity contribution in [1.29, 1.82) is 0 Å². The molecule has 2 atom stereocenters. The summed E-state index contributed by atoms with van der Waals surface area (Å²) in [6, 6.07) is 0.0718. The molecule has 0 aliphatic carbocycles. The molecule has 0 saturated carbocycles. The van der Waals surface area contributed by atoms with Crippen LogP contribution in [0.4, 0.5) is 0 Å². The van der Waals surface area contributed by atoms with Crippen molar-refractivity contribution in [1.82, 2.24) is 5.32 Å². The van der Waals surface area contributed by atoms with E-state index in [-0.39, 0.29) is 12.1 Å². The first-order chi connectivity index (χ1) is 4.16. The highest BCUT2D eigenvalue weighted by molar-refractivity contribution is 5.46. The van der Waals surface area contributed by atoms with E-state index in [1.165, 1.54) is 0 Å². The molecular formula is C6H13NO2. The molecule has 0 aromatic rings. The van der Waals surface area contributed by atoms with Crippen LogP contribution in [0.25, 0.3) is 0 Å². The zero-order valence-electron chi connectivity index (χ0n) is 5.79. The Morgan fingerprint density at radius 2 is 2.22 bits per heavy atom. The van der Waals surface area contributed by atoms with Crippen LogP contribution in [0.1, 0.15) is 20.3 Å². The number of nitrogens with one attached hydrogen (secondary N) is 1. The summed E-state index contributed by atoms with van der Waals surface area (Å²) in [4.78, 5) is 9.80. The molecule has 54 valence electrons. The summed E-state index contributed by atoms with van der Waals surface area (Å²) >= 11 is 0. The molecule has 0 fully saturated rings. The second kappa shape index (κ2) is 4.32. The highest BCUT2D eigenvalue weighted by Gasteiger charge is 2.02. The Balaban J connectivity index is 3.25. The van der Waals surface area contributed by atoms with Gasteiger partial charge in [-0.2, -0.15) is 0 Å². The Morgan fingerprint density at radius 1 is 1.67 bits per heavy atom. The molecule has 2 N–H and O–H groups in total. The summed E-state index contributed by atoms with van der Waals surface area (Å²) in [7, 11) is 0. The SMILES string of the molecule is CC(O)CC(C)NC=O. The molecule has 2 unspecified atom stereocenters. The van der Waals surface area contributed by atoms with Crippen molar-refractivity contribution in [3.63, 3.8) is 0 Å². The lowest BCUT2D eigenvalue weighted by Gasteiger charge is -2.10. The predicted octanol–water partition coefficient (Wildman–Crippen LogP) is -0.108. The topological polar surface area (TPSA) is 49.3 Å². The maximum Gasteiger partial charge on any atom is 0.207 e. The number of amides is 1. The number of hydrogen-bond acceptors (Lipinski definition) is 2. The van der Waals surface area contributed by atoms with Crippen LogP contribution in [0.2, 0.25) is 0 Å². The Hall–Kier alpha value is -0.570. The van der Waals surface area contributed by atoms with E-state index in [1.807, 2.05) is 6.92 Å². The Kier molecular flexibility index (Phi) is 4.05. The lowest BCUT2D eigenvalue weighted by atomic mass is 10.2. The summed E-state index contributed by atoms with van der Waals surface area (Å²) in [6.45, 7) is 3.55. The molecule has 0 aliphatic rings. The van der Waals surface area contributed by atoms with Gasteiger partial charge in [-0.3, -0.25) is 4.79 Å². The highest BCUT2D eigenvalue weighted by atomic mass is 16.3. The molecule has 0 rings (SSSR count). The molecule has 9 heavy (non-hydrogen) atoms. The van der Waals surface area contributed by atoms with E-state index in [4.69, 9.17) is 5.11 Å². The second-order valence-corrected chi connectivity index (χ2v) is 2.27. The van der Waals surface area contributed by atoms with Gasteiger partial charge in [0.05, 0.1) is 6.10 Å². The third-order valence-corrected chi connectivity index (χ3v) is 1.05.